The van der Waals surface area contributed by atoms with Gasteiger partial charge in [0, 0.05) is 70.9 Å². The van der Waals surface area contributed by atoms with Crippen LogP contribution in [0.25, 0.3) is 0 Å². The van der Waals surface area contributed by atoms with Crippen molar-refractivity contribution >= 4 is 11.9 Å². The number of carboxylic acid groups (broad SMARTS) is 1. The molecule has 3 rings (SSSR count). The van der Waals surface area contributed by atoms with E-state index in [1.165, 1.54) is 0 Å². The van der Waals surface area contributed by atoms with E-state index in [9.17, 15) is 24.9 Å². The Bertz CT molecular complexity index is 978. The van der Waals surface area contributed by atoms with E-state index < -0.39 is 30.1 Å². The Labute approximate surface area is 225 Å². The monoisotopic (exact) mass is 526 g/mol. The van der Waals surface area contributed by atoms with Gasteiger partial charge in [-0.25, -0.2) is 4.79 Å². The molecule has 0 spiro atoms. The number of nitrogens with zero attached hydrogens (tertiary/aromatic N) is 3. The highest BCUT2D eigenvalue weighted by molar-refractivity contribution is 5.96. The van der Waals surface area contributed by atoms with Crippen LogP contribution in [0.15, 0.2) is 54.6 Å². The molecular formula is C29H42N4O5. The number of benzene rings is 2. The average Bonchev–Trinajstić information content (AvgIpc) is 2.96. The van der Waals surface area contributed by atoms with Gasteiger partial charge in [-0.3, -0.25) is 19.5 Å². The number of amides is 1. The maximum atomic E-state index is 12.8. The van der Waals surface area contributed by atoms with E-state index in [-0.39, 0.29) is 6.42 Å². The second kappa shape index (κ2) is 14.9. The molecule has 1 fully saturated rings. The number of hydrogen-bond donors (Lipinski definition) is 4. The SMILES string of the molecule is C[C@H](O)CN1CCN(Cc2ccc(C(=O)NC(Cc3ccccc3)C(=O)O)cc2)CCN(C[C@H](C)O)CC1. The van der Waals surface area contributed by atoms with Crippen molar-refractivity contribution in [3.63, 3.8) is 0 Å². The number of aliphatic hydroxyl groups is 2. The molecule has 1 aliphatic heterocycles. The summed E-state index contributed by atoms with van der Waals surface area (Å²) in [5.41, 5.74) is 2.33. The number of β-amino-alcohol motifs (C(OH)–C–C–N with tert-alkyl or cyclic N) is 2. The fraction of sp³-hybridized carbons (Fsp3) is 0.517. The van der Waals surface area contributed by atoms with Crippen molar-refractivity contribution in [1.29, 1.82) is 0 Å². The normalized spacial score (nSPS) is 18.5. The van der Waals surface area contributed by atoms with Gasteiger partial charge in [-0.15, -0.1) is 0 Å². The minimum Gasteiger partial charge on any atom is -0.480 e. The topological polar surface area (TPSA) is 117 Å². The van der Waals surface area contributed by atoms with Gasteiger partial charge in [-0.05, 0) is 37.1 Å². The van der Waals surface area contributed by atoms with E-state index in [0.717, 1.165) is 50.4 Å². The molecule has 208 valence electrons. The van der Waals surface area contributed by atoms with Gasteiger partial charge in [-0.1, -0.05) is 42.5 Å². The summed E-state index contributed by atoms with van der Waals surface area (Å²) in [5, 5.41) is 32.1. The molecule has 9 nitrogen and oxygen atoms in total. The lowest BCUT2D eigenvalue weighted by Gasteiger charge is -2.27. The number of carboxylic acids is 1. The third-order valence-electron chi connectivity index (χ3n) is 6.75. The van der Waals surface area contributed by atoms with Crippen molar-refractivity contribution in [3.05, 3.63) is 71.3 Å². The van der Waals surface area contributed by atoms with Gasteiger partial charge < -0.3 is 20.6 Å². The minimum absolute atomic E-state index is 0.215. The fourth-order valence-corrected chi connectivity index (χ4v) is 4.77. The third-order valence-corrected chi connectivity index (χ3v) is 6.75. The van der Waals surface area contributed by atoms with Crippen molar-refractivity contribution in [3.8, 4) is 0 Å². The highest BCUT2D eigenvalue weighted by Gasteiger charge is 2.22. The molecule has 1 amide bonds. The molecule has 0 aliphatic carbocycles. The maximum Gasteiger partial charge on any atom is 0.326 e. The van der Waals surface area contributed by atoms with Crippen LogP contribution in [0.3, 0.4) is 0 Å². The first kappa shape index (κ1) is 29.7. The molecule has 1 saturated heterocycles. The third kappa shape index (κ3) is 10.2. The molecule has 2 aromatic rings. The second-order valence-electron chi connectivity index (χ2n) is 10.3. The van der Waals surface area contributed by atoms with Gasteiger partial charge in [-0.2, -0.15) is 0 Å². The maximum absolute atomic E-state index is 12.8. The van der Waals surface area contributed by atoms with Gasteiger partial charge >= 0.3 is 5.97 Å². The van der Waals surface area contributed by atoms with Crippen LogP contribution in [-0.2, 0) is 17.8 Å². The van der Waals surface area contributed by atoms with Gasteiger partial charge in [0.2, 0.25) is 0 Å². The standard InChI is InChI=1S/C29H42N4O5/c1-22(34)19-31-12-13-32(20-23(2)35)15-17-33(16-14-31)21-25-8-10-26(11-9-25)28(36)30-27(29(37)38)18-24-6-4-3-5-7-24/h3-11,22-23,27,34-35H,12-21H2,1-2H3,(H,30,36)(H,37,38)/t22-,23-,27?/m0/s1. The fourth-order valence-electron chi connectivity index (χ4n) is 4.77. The number of carbonyl (C=O) groups excluding carboxylic acids is 1. The summed E-state index contributed by atoms with van der Waals surface area (Å²) in [5.74, 6) is -1.48. The van der Waals surface area contributed by atoms with Crippen LogP contribution >= 0.6 is 0 Å². The highest BCUT2D eigenvalue weighted by atomic mass is 16.4. The molecule has 0 bridgehead atoms. The lowest BCUT2D eigenvalue weighted by molar-refractivity contribution is -0.139. The van der Waals surface area contributed by atoms with Crippen LogP contribution in [0.4, 0.5) is 0 Å². The summed E-state index contributed by atoms with van der Waals surface area (Å²) in [4.78, 5) is 31.4. The largest absolute Gasteiger partial charge is 0.480 e. The quantitative estimate of drug-likeness (QED) is 0.346. The van der Waals surface area contributed by atoms with Crippen molar-refractivity contribution in [1.82, 2.24) is 20.0 Å². The zero-order valence-electron chi connectivity index (χ0n) is 22.5. The van der Waals surface area contributed by atoms with Gasteiger partial charge in [0.25, 0.3) is 5.91 Å². The van der Waals surface area contributed by atoms with Crippen LogP contribution in [-0.4, -0.2) is 113 Å². The Morgan fingerprint density at radius 2 is 1.26 bits per heavy atom. The van der Waals surface area contributed by atoms with Crippen LogP contribution in [0.2, 0.25) is 0 Å². The van der Waals surface area contributed by atoms with Crippen molar-refractivity contribution in [2.45, 2.75) is 45.1 Å². The molecular weight excluding hydrogens is 484 g/mol. The summed E-state index contributed by atoms with van der Waals surface area (Å²) >= 11 is 0. The first-order valence-electron chi connectivity index (χ1n) is 13.4. The Kier molecular flexibility index (Phi) is 11.7. The van der Waals surface area contributed by atoms with E-state index in [4.69, 9.17) is 0 Å². The molecule has 0 aromatic heterocycles. The van der Waals surface area contributed by atoms with Crippen molar-refractivity contribution in [2.75, 3.05) is 52.4 Å². The molecule has 1 aliphatic rings. The van der Waals surface area contributed by atoms with E-state index in [1.54, 1.807) is 26.0 Å². The molecule has 3 atom stereocenters. The molecule has 1 unspecified atom stereocenters. The van der Waals surface area contributed by atoms with Gasteiger partial charge in [0.1, 0.15) is 6.04 Å². The summed E-state index contributed by atoms with van der Waals surface area (Å²) < 4.78 is 0. The number of carbonyl (C=O) groups is 2. The van der Waals surface area contributed by atoms with E-state index in [2.05, 4.69) is 20.0 Å². The summed E-state index contributed by atoms with van der Waals surface area (Å²) in [6, 6.07) is 15.5. The first-order chi connectivity index (χ1) is 18.2. The predicted octanol–water partition coefficient (Wildman–Crippen LogP) is 1.29. The zero-order chi connectivity index (χ0) is 27.5. The Hall–Kier alpha value is -2.82. The minimum atomic E-state index is -1.07. The Morgan fingerprint density at radius 3 is 1.74 bits per heavy atom. The number of aliphatic hydroxyl groups excluding tert-OH is 2. The zero-order valence-corrected chi connectivity index (χ0v) is 22.5. The van der Waals surface area contributed by atoms with E-state index in [1.807, 2.05) is 42.5 Å². The Morgan fingerprint density at radius 1 is 0.763 bits per heavy atom. The van der Waals surface area contributed by atoms with Crippen LogP contribution in [0.1, 0.15) is 35.3 Å². The number of nitrogens with one attached hydrogen (secondary N) is 1. The number of rotatable bonds is 11. The van der Waals surface area contributed by atoms with Gasteiger partial charge in [0.15, 0.2) is 0 Å². The van der Waals surface area contributed by atoms with Gasteiger partial charge in [0.05, 0.1) is 12.2 Å². The molecule has 0 saturated carbocycles. The van der Waals surface area contributed by atoms with Crippen molar-refractivity contribution in [2.24, 2.45) is 0 Å². The van der Waals surface area contributed by atoms with Crippen LogP contribution in [0, 0.1) is 0 Å². The molecule has 4 N–H and O–H groups in total. The summed E-state index contributed by atoms with van der Waals surface area (Å²) in [6.07, 6.45) is -0.587. The first-order valence-corrected chi connectivity index (χ1v) is 13.4. The number of hydrogen-bond acceptors (Lipinski definition) is 7. The Balaban J connectivity index is 1.61. The number of aliphatic carboxylic acids is 1. The predicted molar refractivity (Wildman–Crippen MR) is 147 cm³/mol. The van der Waals surface area contributed by atoms with Crippen LogP contribution in [0.5, 0.6) is 0 Å². The molecule has 38 heavy (non-hydrogen) atoms. The average molecular weight is 527 g/mol. The molecule has 0 radical (unpaired) electrons. The van der Waals surface area contributed by atoms with E-state index in [0.29, 0.717) is 25.2 Å². The molecule has 9 heteroatoms. The lowest BCUT2D eigenvalue weighted by atomic mass is 10.1. The van der Waals surface area contributed by atoms with E-state index >= 15 is 0 Å². The molecule has 2 aromatic carbocycles. The summed E-state index contributed by atoms with van der Waals surface area (Å²) in [7, 11) is 0. The van der Waals surface area contributed by atoms with Crippen molar-refractivity contribution < 1.29 is 24.9 Å². The highest BCUT2D eigenvalue weighted by Crippen LogP contribution is 2.11. The second-order valence-corrected chi connectivity index (χ2v) is 10.3. The molecule has 1 heterocycles. The van der Waals surface area contributed by atoms with Crippen LogP contribution < -0.4 is 5.32 Å². The lowest BCUT2D eigenvalue weighted by Crippen LogP contribution is -2.42. The smallest absolute Gasteiger partial charge is 0.326 e. The summed E-state index contributed by atoms with van der Waals surface area (Å²) in [6.45, 7) is 10.6.